The topological polar surface area (TPSA) is 103 Å². The molecular weight excluding hydrogens is 370 g/mol. The van der Waals surface area contributed by atoms with Gasteiger partial charge in [-0.1, -0.05) is 19.1 Å². The summed E-state index contributed by atoms with van der Waals surface area (Å²) in [5.41, 5.74) is 0.235. The lowest BCUT2D eigenvalue weighted by atomic mass is 10.2. The van der Waals surface area contributed by atoms with Crippen LogP contribution in [0.5, 0.6) is 11.5 Å². The van der Waals surface area contributed by atoms with Gasteiger partial charge in [0.2, 0.25) is 0 Å². The van der Waals surface area contributed by atoms with E-state index in [1.807, 2.05) is 6.92 Å². The maximum atomic E-state index is 12.5. The van der Waals surface area contributed by atoms with Gasteiger partial charge in [-0.25, -0.2) is 0 Å². The monoisotopic (exact) mass is 389 g/mol. The summed E-state index contributed by atoms with van der Waals surface area (Å²) < 4.78 is 10.5. The number of rotatable bonds is 7. The van der Waals surface area contributed by atoms with Gasteiger partial charge in [0.25, 0.3) is 11.6 Å². The fraction of sp³-hybridized carbons (Fsp3) is 0.222. The van der Waals surface area contributed by atoms with Gasteiger partial charge in [-0.15, -0.1) is 0 Å². The van der Waals surface area contributed by atoms with E-state index < -0.39 is 10.8 Å². The van der Waals surface area contributed by atoms with Crippen LogP contribution < -0.4 is 20.1 Å². The quantitative estimate of drug-likeness (QED) is 0.424. The van der Waals surface area contributed by atoms with Gasteiger partial charge in [-0.3, -0.25) is 20.2 Å². The highest BCUT2D eigenvalue weighted by Gasteiger charge is 2.18. The van der Waals surface area contributed by atoms with Gasteiger partial charge in [0.15, 0.2) is 5.11 Å². The number of para-hydroxylation sites is 1. The first kappa shape index (κ1) is 20.1. The highest BCUT2D eigenvalue weighted by molar-refractivity contribution is 7.80. The third-order valence-corrected chi connectivity index (χ3v) is 3.67. The van der Waals surface area contributed by atoms with Crippen LogP contribution in [-0.2, 0) is 0 Å². The fourth-order valence-corrected chi connectivity index (χ4v) is 2.41. The van der Waals surface area contributed by atoms with E-state index in [-0.39, 0.29) is 16.5 Å². The van der Waals surface area contributed by atoms with Crippen molar-refractivity contribution in [3.63, 3.8) is 0 Å². The van der Waals surface area contributed by atoms with Crippen LogP contribution >= 0.6 is 12.2 Å². The number of nitro benzene ring substituents is 1. The molecule has 27 heavy (non-hydrogen) atoms. The van der Waals surface area contributed by atoms with Crippen LogP contribution in [0, 0.1) is 10.1 Å². The molecule has 0 saturated carbocycles. The summed E-state index contributed by atoms with van der Waals surface area (Å²) in [6, 6.07) is 11.0. The van der Waals surface area contributed by atoms with Gasteiger partial charge >= 0.3 is 0 Å². The third-order valence-electron chi connectivity index (χ3n) is 3.47. The normalized spacial score (nSPS) is 10.0. The highest BCUT2D eigenvalue weighted by Crippen LogP contribution is 2.29. The molecule has 142 valence electrons. The molecule has 0 aliphatic carbocycles. The SMILES string of the molecule is CCCOc1ccccc1C(=O)NC(=S)Nc1ccc(OC)cc1[N+](=O)[O-]. The van der Waals surface area contributed by atoms with E-state index in [9.17, 15) is 14.9 Å². The van der Waals surface area contributed by atoms with Gasteiger partial charge in [0.05, 0.1) is 30.3 Å². The Hall–Kier alpha value is -3.20. The Bertz CT molecular complexity index is 857. The van der Waals surface area contributed by atoms with Gasteiger partial charge in [-0.2, -0.15) is 0 Å². The average Bonchev–Trinajstić information content (AvgIpc) is 2.66. The second-order valence-corrected chi connectivity index (χ2v) is 5.80. The number of carbonyl (C=O) groups is 1. The van der Waals surface area contributed by atoms with E-state index in [2.05, 4.69) is 10.6 Å². The van der Waals surface area contributed by atoms with Crippen LogP contribution in [0.15, 0.2) is 42.5 Å². The molecule has 2 aromatic rings. The van der Waals surface area contributed by atoms with Crippen molar-refractivity contribution in [1.29, 1.82) is 0 Å². The van der Waals surface area contributed by atoms with Crippen molar-refractivity contribution < 1.29 is 19.2 Å². The number of methoxy groups -OCH3 is 1. The minimum absolute atomic E-state index is 0.0708. The number of nitrogens with zero attached hydrogens (tertiary/aromatic N) is 1. The van der Waals surface area contributed by atoms with E-state index in [1.54, 1.807) is 30.3 Å². The molecule has 0 atom stereocenters. The number of ether oxygens (including phenoxy) is 2. The number of thiocarbonyl (C=S) groups is 1. The summed E-state index contributed by atoms with van der Waals surface area (Å²) >= 11 is 5.11. The van der Waals surface area contributed by atoms with Gasteiger partial charge in [0.1, 0.15) is 17.2 Å². The molecule has 2 aromatic carbocycles. The molecule has 2 rings (SSSR count). The van der Waals surface area contributed by atoms with Crippen LogP contribution in [0.4, 0.5) is 11.4 Å². The first-order valence-corrected chi connectivity index (χ1v) is 8.53. The van der Waals surface area contributed by atoms with Crippen molar-refractivity contribution in [2.75, 3.05) is 19.0 Å². The maximum Gasteiger partial charge on any atom is 0.296 e. The van der Waals surface area contributed by atoms with Crippen molar-refractivity contribution >= 4 is 34.6 Å². The molecule has 0 fully saturated rings. The molecule has 0 aromatic heterocycles. The van der Waals surface area contributed by atoms with Crippen molar-refractivity contribution in [1.82, 2.24) is 5.32 Å². The molecule has 0 aliphatic heterocycles. The maximum absolute atomic E-state index is 12.5. The molecule has 0 unspecified atom stereocenters. The fourth-order valence-electron chi connectivity index (χ4n) is 2.21. The van der Waals surface area contributed by atoms with Gasteiger partial charge in [-0.05, 0) is 42.9 Å². The van der Waals surface area contributed by atoms with Gasteiger partial charge in [0, 0.05) is 0 Å². The smallest absolute Gasteiger partial charge is 0.296 e. The predicted octanol–water partition coefficient (Wildman–Crippen LogP) is 3.52. The molecule has 0 heterocycles. The zero-order chi connectivity index (χ0) is 19.8. The summed E-state index contributed by atoms with van der Waals surface area (Å²) in [6.45, 7) is 2.44. The second kappa shape index (κ2) is 9.48. The van der Waals surface area contributed by atoms with E-state index in [4.69, 9.17) is 21.7 Å². The van der Waals surface area contributed by atoms with Crippen LogP contribution in [0.25, 0.3) is 0 Å². The van der Waals surface area contributed by atoms with Crippen LogP contribution in [-0.4, -0.2) is 29.7 Å². The van der Waals surface area contributed by atoms with Gasteiger partial charge < -0.3 is 14.8 Å². The number of nitro groups is 1. The average molecular weight is 389 g/mol. The summed E-state index contributed by atoms with van der Waals surface area (Å²) in [7, 11) is 1.41. The van der Waals surface area contributed by atoms with E-state index in [0.717, 1.165) is 6.42 Å². The number of anilines is 1. The Morgan fingerprint density at radius 1 is 1.26 bits per heavy atom. The molecule has 0 bridgehead atoms. The molecule has 2 N–H and O–H groups in total. The predicted molar refractivity (Wildman–Crippen MR) is 106 cm³/mol. The highest BCUT2D eigenvalue weighted by atomic mass is 32.1. The van der Waals surface area contributed by atoms with Crippen molar-refractivity contribution in [3.8, 4) is 11.5 Å². The largest absolute Gasteiger partial charge is 0.496 e. The van der Waals surface area contributed by atoms with E-state index in [1.165, 1.54) is 19.2 Å². The van der Waals surface area contributed by atoms with Crippen LogP contribution in [0.3, 0.4) is 0 Å². The summed E-state index contributed by atoms with van der Waals surface area (Å²) in [6.07, 6.45) is 0.803. The second-order valence-electron chi connectivity index (χ2n) is 5.39. The Morgan fingerprint density at radius 3 is 2.67 bits per heavy atom. The molecular formula is C18H19N3O5S. The zero-order valence-electron chi connectivity index (χ0n) is 14.9. The molecule has 0 radical (unpaired) electrons. The number of hydrogen-bond donors (Lipinski definition) is 2. The lowest BCUT2D eigenvalue weighted by molar-refractivity contribution is -0.384. The van der Waals surface area contributed by atoms with E-state index >= 15 is 0 Å². The Balaban J connectivity index is 2.12. The van der Waals surface area contributed by atoms with Crippen LogP contribution in [0.2, 0.25) is 0 Å². The van der Waals surface area contributed by atoms with Crippen molar-refractivity contribution in [3.05, 3.63) is 58.1 Å². The number of hydrogen-bond acceptors (Lipinski definition) is 6. The standard InChI is InChI=1S/C18H19N3O5S/c1-3-10-26-16-7-5-4-6-13(16)17(22)20-18(27)19-14-9-8-12(25-2)11-15(14)21(23)24/h4-9,11H,3,10H2,1-2H3,(H2,19,20,22,27). The molecule has 0 saturated heterocycles. The number of benzene rings is 2. The minimum Gasteiger partial charge on any atom is -0.496 e. The number of amides is 1. The van der Waals surface area contributed by atoms with Crippen molar-refractivity contribution in [2.24, 2.45) is 0 Å². The third kappa shape index (κ3) is 5.38. The molecule has 0 aliphatic rings. The molecule has 0 spiro atoms. The Labute approximate surface area is 161 Å². The first-order valence-electron chi connectivity index (χ1n) is 8.12. The van der Waals surface area contributed by atoms with E-state index in [0.29, 0.717) is 23.7 Å². The molecule has 1 amide bonds. The number of carbonyl (C=O) groups excluding carboxylic acids is 1. The summed E-state index contributed by atoms with van der Waals surface area (Å²) in [4.78, 5) is 23.1. The number of nitrogens with one attached hydrogen (secondary N) is 2. The molecule has 8 nitrogen and oxygen atoms in total. The first-order chi connectivity index (χ1) is 13.0. The Kier molecular flexibility index (Phi) is 7.07. The Morgan fingerprint density at radius 2 is 2.00 bits per heavy atom. The van der Waals surface area contributed by atoms with Crippen molar-refractivity contribution in [2.45, 2.75) is 13.3 Å². The lowest BCUT2D eigenvalue weighted by Crippen LogP contribution is -2.34. The zero-order valence-corrected chi connectivity index (χ0v) is 15.7. The van der Waals surface area contributed by atoms with Crippen LogP contribution in [0.1, 0.15) is 23.7 Å². The summed E-state index contributed by atoms with van der Waals surface area (Å²) in [5, 5.41) is 16.3. The summed E-state index contributed by atoms with van der Waals surface area (Å²) in [5.74, 6) is 0.301. The lowest BCUT2D eigenvalue weighted by Gasteiger charge is -2.13. The molecule has 9 heteroatoms. The minimum atomic E-state index is -0.566.